The van der Waals surface area contributed by atoms with Crippen molar-refractivity contribution in [3.8, 4) is 0 Å². The van der Waals surface area contributed by atoms with E-state index < -0.39 is 41.1 Å². The van der Waals surface area contributed by atoms with Gasteiger partial charge in [-0.1, -0.05) is 52.7 Å². The lowest BCUT2D eigenvalue weighted by Gasteiger charge is -2.42. The molecular weight excluding hydrogens is 496 g/mol. The molecule has 0 radical (unpaired) electrons. The van der Waals surface area contributed by atoms with Gasteiger partial charge in [0.2, 0.25) is 11.8 Å². The van der Waals surface area contributed by atoms with Crippen LogP contribution >= 0.6 is 0 Å². The van der Waals surface area contributed by atoms with E-state index >= 15 is 0 Å². The fraction of sp³-hybridized carbons (Fsp3) is 0.774. The Balaban J connectivity index is 2.12. The summed E-state index contributed by atoms with van der Waals surface area (Å²) < 4.78 is 12.6. The van der Waals surface area contributed by atoms with Crippen molar-refractivity contribution >= 4 is 17.8 Å². The summed E-state index contributed by atoms with van der Waals surface area (Å²) in [6, 6.07) is -1.55. The number of hydrogen-bond acceptors (Lipinski definition) is 6. The molecule has 3 fully saturated rings. The zero-order valence-electron chi connectivity index (χ0n) is 24.7. The molecule has 0 aromatic heterocycles. The van der Waals surface area contributed by atoms with Gasteiger partial charge in [0.15, 0.2) is 0 Å². The molecule has 3 rings (SSSR count). The number of esters is 1. The Kier molecular flexibility index (Phi) is 10.4. The van der Waals surface area contributed by atoms with Gasteiger partial charge in [0.1, 0.15) is 17.6 Å². The van der Waals surface area contributed by atoms with Crippen LogP contribution in [0, 0.1) is 17.8 Å². The number of aliphatic hydroxyl groups excluding tert-OH is 1. The molecule has 8 heteroatoms. The predicted octanol–water partition coefficient (Wildman–Crippen LogP) is 4.26. The maximum absolute atomic E-state index is 14.6. The van der Waals surface area contributed by atoms with Gasteiger partial charge in [-0.15, -0.1) is 13.2 Å². The third kappa shape index (κ3) is 5.31. The second-order valence-electron chi connectivity index (χ2n) is 11.7. The smallest absolute Gasteiger partial charge is 0.312 e. The summed E-state index contributed by atoms with van der Waals surface area (Å²) in [5.74, 6) is -2.56. The number of hydrogen-bond donors (Lipinski definition) is 1. The second-order valence-corrected chi connectivity index (χ2v) is 11.7. The first-order valence-electron chi connectivity index (χ1n) is 15.0. The third-order valence-corrected chi connectivity index (χ3v) is 9.60. The zero-order valence-corrected chi connectivity index (χ0v) is 24.7. The van der Waals surface area contributed by atoms with Gasteiger partial charge in [-0.05, 0) is 51.4 Å². The molecule has 8 atom stereocenters. The molecule has 220 valence electrons. The summed E-state index contributed by atoms with van der Waals surface area (Å²) in [7, 11) is 0. The Labute approximate surface area is 234 Å². The lowest BCUT2D eigenvalue weighted by atomic mass is 9.65. The average molecular weight is 547 g/mol. The molecule has 1 N–H and O–H groups in total. The Hall–Kier alpha value is -2.19. The minimum atomic E-state index is -1.14. The largest absolute Gasteiger partial charge is 0.465 e. The highest BCUT2D eigenvalue weighted by molar-refractivity contribution is 5.99. The van der Waals surface area contributed by atoms with Crippen LogP contribution in [-0.2, 0) is 23.9 Å². The Bertz CT molecular complexity index is 923. The first kappa shape index (κ1) is 31.3. The molecule has 0 aliphatic carbocycles. The molecule has 0 aromatic carbocycles. The van der Waals surface area contributed by atoms with E-state index in [1.54, 1.807) is 22.0 Å². The van der Waals surface area contributed by atoms with E-state index in [1.807, 2.05) is 27.7 Å². The highest BCUT2D eigenvalue weighted by Crippen LogP contribution is 2.65. The Morgan fingerprint density at radius 3 is 2.51 bits per heavy atom. The van der Waals surface area contributed by atoms with E-state index in [1.165, 1.54) is 0 Å². The van der Waals surface area contributed by atoms with Gasteiger partial charge in [0.05, 0.1) is 30.8 Å². The van der Waals surface area contributed by atoms with Crippen molar-refractivity contribution in [2.75, 3.05) is 19.8 Å². The van der Waals surface area contributed by atoms with Crippen LogP contribution in [0.5, 0.6) is 0 Å². The minimum absolute atomic E-state index is 0.0490. The fourth-order valence-electron chi connectivity index (χ4n) is 7.31. The van der Waals surface area contributed by atoms with Crippen LogP contribution in [-0.4, -0.2) is 81.8 Å². The van der Waals surface area contributed by atoms with Crippen molar-refractivity contribution in [2.45, 2.75) is 115 Å². The molecule has 39 heavy (non-hydrogen) atoms. The van der Waals surface area contributed by atoms with Crippen LogP contribution in [0.1, 0.15) is 86.0 Å². The van der Waals surface area contributed by atoms with Gasteiger partial charge < -0.3 is 24.4 Å². The van der Waals surface area contributed by atoms with Gasteiger partial charge in [0.25, 0.3) is 0 Å². The molecule has 1 spiro atoms. The Morgan fingerprint density at radius 1 is 1.23 bits per heavy atom. The lowest BCUT2D eigenvalue weighted by Crippen LogP contribution is -2.61. The van der Waals surface area contributed by atoms with Crippen LogP contribution in [0.25, 0.3) is 0 Å². The number of aliphatic hydroxyl groups is 1. The molecule has 2 amide bonds. The number of rotatable bonds is 16. The van der Waals surface area contributed by atoms with E-state index in [0.29, 0.717) is 32.2 Å². The molecule has 3 unspecified atom stereocenters. The number of unbranched alkanes of at least 4 members (excludes halogenated alkanes) is 1. The van der Waals surface area contributed by atoms with Crippen molar-refractivity contribution in [1.82, 2.24) is 9.80 Å². The predicted molar refractivity (Wildman–Crippen MR) is 151 cm³/mol. The summed E-state index contributed by atoms with van der Waals surface area (Å²) in [6.45, 7) is 18.0. The van der Waals surface area contributed by atoms with Crippen LogP contribution in [0.2, 0.25) is 0 Å². The third-order valence-electron chi connectivity index (χ3n) is 9.60. The molecular formula is C31H50N2O6. The highest BCUT2D eigenvalue weighted by atomic mass is 16.6. The van der Waals surface area contributed by atoms with E-state index in [-0.39, 0.29) is 37.0 Å². The number of carbonyl (C=O) groups excluding carboxylic acids is 3. The van der Waals surface area contributed by atoms with Gasteiger partial charge in [-0.3, -0.25) is 14.4 Å². The zero-order chi connectivity index (χ0) is 29.0. The van der Waals surface area contributed by atoms with Gasteiger partial charge in [0, 0.05) is 12.6 Å². The molecule has 3 aliphatic heterocycles. The summed E-state index contributed by atoms with van der Waals surface area (Å²) in [6.07, 6.45) is 8.96. The van der Waals surface area contributed by atoms with Crippen molar-refractivity contribution < 1.29 is 29.0 Å². The number of likely N-dealkylation sites (tertiary alicyclic amines) is 1. The van der Waals surface area contributed by atoms with Gasteiger partial charge >= 0.3 is 5.97 Å². The average Bonchev–Trinajstić information content (AvgIpc) is 3.53. The number of allylic oxidation sites excluding steroid dienone is 1. The molecule has 0 saturated carbocycles. The summed E-state index contributed by atoms with van der Waals surface area (Å²) in [5.41, 5.74) is -1.98. The lowest BCUT2D eigenvalue weighted by molar-refractivity contribution is -0.164. The normalized spacial score (nSPS) is 31.5. The summed E-state index contributed by atoms with van der Waals surface area (Å²) >= 11 is 0. The van der Waals surface area contributed by atoms with E-state index in [9.17, 15) is 19.5 Å². The molecule has 8 nitrogen and oxygen atoms in total. The maximum atomic E-state index is 14.6. The highest BCUT2D eigenvalue weighted by Gasteiger charge is 2.79. The molecule has 3 saturated heterocycles. The number of ether oxygens (including phenoxy) is 2. The first-order valence-corrected chi connectivity index (χ1v) is 15.0. The van der Waals surface area contributed by atoms with Crippen LogP contribution in [0.3, 0.4) is 0 Å². The monoisotopic (exact) mass is 546 g/mol. The van der Waals surface area contributed by atoms with Crippen molar-refractivity contribution in [1.29, 1.82) is 0 Å². The molecule has 3 aliphatic rings. The topological polar surface area (TPSA) is 96.4 Å². The Morgan fingerprint density at radius 2 is 1.95 bits per heavy atom. The van der Waals surface area contributed by atoms with Crippen LogP contribution in [0.4, 0.5) is 0 Å². The van der Waals surface area contributed by atoms with Gasteiger partial charge in [-0.2, -0.15) is 0 Å². The van der Waals surface area contributed by atoms with Crippen molar-refractivity contribution in [3.05, 3.63) is 25.3 Å². The maximum Gasteiger partial charge on any atom is 0.312 e. The number of carbonyl (C=O) groups is 3. The minimum Gasteiger partial charge on any atom is -0.465 e. The van der Waals surface area contributed by atoms with E-state index in [4.69, 9.17) is 9.47 Å². The van der Waals surface area contributed by atoms with Crippen molar-refractivity contribution in [2.24, 2.45) is 17.8 Å². The van der Waals surface area contributed by atoms with E-state index in [0.717, 1.165) is 25.7 Å². The van der Waals surface area contributed by atoms with Crippen LogP contribution in [0.15, 0.2) is 25.3 Å². The second kappa shape index (κ2) is 13.0. The van der Waals surface area contributed by atoms with Crippen LogP contribution < -0.4 is 0 Å². The standard InChI is InChI=1S/C31H50N2O6/c1-8-13-14-19-38-29(37)25-24-27(35)33(23(20-34)21(6)11-4)26(31(24)17-16-30(25,12-5)39-31)28(36)32(18-10-3)22(7)15-9-2/h8,10,21-26,34H,1,3,9,11-20H2,2,4-7H3/t21-,22?,23-,24-,25+,26?,30-,31?/m0/s1. The fourth-order valence-corrected chi connectivity index (χ4v) is 7.31. The molecule has 2 bridgehead atoms. The van der Waals surface area contributed by atoms with E-state index in [2.05, 4.69) is 20.1 Å². The quantitative estimate of drug-likeness (QED) is 0.177. The number of fused-ring (bicyclic) bond motifs is 1. The summed E-state index contributed by atoms with van der Waals surface area (Å²) in [5, 5.41) is 10.5. The number of amides is 2. The molecule has 3 heterocycles. The summed E-state index contributed by atoms with van der Waals surface area (Å²) in [4.78, 5) is 46.1. The van der Waals surface area contributed by atoms with Crippen molar-refractivity contribution in [3.63, 3.8) is 0 Å². The SMILES string of the molecule is C=CCCCOC(=O)[C@H]1[C@H]2C(=O)N([C@@H](CO)[C@@H](C)CC)C(C(=O)N(CC=C)C(C)CCC)C23CC[C@]1(CC)O3. The number of nitrogens with zero attached hydrogens (tertiary/aromatic N) is 2. The van der Waals surface area contributed by atoms with Gasteiger partial charge in [-0.25, -0.2) is 0 Å². The first-order chi connectivity index (χ1) is 18.6. The molecule has 0 aromatic rings.